The predicted octanol–water partition coefficient (Wildman–Crippen LogP) is 10.2. The van der Waals surface area contributed by atoms with E-state index in [-0.39, 0.29) is 0 Å². The Kier molecular flexibility index (Phi) is 19.8. The van der Waals surface area contributed by atoms with Crippen LogP contribution in [0.3, 0.4) is 0 Å². The molecule has 0 radical (unpaired) electrons. The molecule has 0 aromatic rings. The standard InChI is InChI=1S/C21H40OS.C4H8.C2H6/c1-5-7-9-13-20(22-23)14-11-8-10-12-19-16-17(3)15-18(4)21(19)6-2;1-2-4-3-1;1-2/h13,17-19,21,23H,5-12,14-16H2,1-4H3;1-4H2;1-2H3/b20-13+;;. The number of thiol groups is 1. The topological polar surface area (TPSA) is 9.23 Å². The lowest BCUT2D eigenvalue weighted by atomic mass is 9.66. The maximum absolute atomic E-state index is 5.21. The fourth-order valence-corrected chi connectivity index (χ4v) is 5.08. The summed E-state index contributed by atoms with van der Waals surface area (Å²) in [5.74, 6) is 4.88. The number of rotatable bonds is 11. The molecule has 0 aliphatic heterocycles. The summed E-state index contributed by atoms with van der Waals surface area (Å²) in [6, 6.07) is 0. The lowest BCUT2D eigenvalue weighted by molar-refractivity contribution is 0.110. The van der Waals surface area contributed by atoms with E-state index in [1.807, 2.05) is 13.8 Å². The number of hydrogen-bond donors (Lipinski definition) is 1. The van der Waals surface area contributed by atoms with Crippen LogP contribution in [-0.4, -0.2) is 0 Å². The first-order chi connectivity index (χ1) is 14.1. The summed E-state index contributed by atoms with van der Waals surface area (Å²) < 4.78 is 5.21. The molecule has 4 atom stereocenters. The Morgan fingerprint density at radius 1 is 0.931 bits per heavy atom. The third kappa shape index (κ3) is 13.7. The van der Waals surface area contributed by atoms with Gasteiger partial charge in [-0.05, 0) is 61.9 Å². The predicted molar refractivity (Wildman–Crippen MR) is 135 cm³/mol. The van der Waals surface area contributed by atoms with Gasteiger partial charge in [-0.3, -0.25) is 0 Å². The van der Waals surface area contributed by atoms with Gasteiger partial charge in [-0.2, -0.15) is 0 Å². The maximum atomic E-state index is 5.21. The van der Waals surface area contributed by atoms with Crippen LogP contribution in [-0.2, 0) is 4.18 Å². The smallest absolute Gasteiger partial charge is 0.110 e. The molecule has 2 aliphatic carbocycles. The van der Waals surface area contributed by atoms with E-state index in [0.717, 1.165) is 42.3 Å². The zero-order valence-corrected chi connectivity index (χ0v) is 21.7. The van der Waals surface area contributed by atoms with E-state index in [1.165, 1.54) is 83.5 Å². The highest BCUT2D eigenvalue weighted by atomic mass is 32.1. The van der Waals surface area contributed by atoms with Crippen LogP contribution in [0.15, 0.2) is 11.8 Å². The van der Waals surface area contributed by atoms with Gasteiger partial charge in [0.25, 0.3) is 0 Å². The van der Waals surface area contributed by atoms with Crippen LogP contribution in [0.4, 0.5) is 0 Å². The molecule has 2 rings (SSSR count). The zero-order valence-electron chi connectivity index (χ0n) is 20.8. The second-order valence-corrected chi connectivity index (χ2v) is 9.49. The van der Waals surface area contributed by atoms with Gasteiger partial charge in [0, 0.05) is 19.3 Å². The van der Waals surface area contributed by atoms with Gasteiger partial charge >= 0.3 is 0 Å². The highest BCUT2D eigenvalue weighted by Crippen LogP contribution is 2.42. The average molecular weight is 427 g/mol. The van der Waals surface area contributed by atoms with Crippen molar-refractivity contribution in [1.82, 2.24) is 0 Å². The van der Waals surface area contributed by atoms with E-state index < -0.39 is 0 Å². The largest absolute Gasteiger partial charge is 0.434 e. The van der Waals surface area contributed by atoms with Gasteiger partial charge in [0.1, 0.15) is 5.76 Å². The van der Waals surface area contributed by atoms with Gasteiger partial charge in [-0.1, -0.05) is 99.3 Å². The Balaban J connectivity index is 0.00000113. The molecule has 0 spiro atoms. The van der Waals surface area contributed by atoms with Gasteiger partial charge in [-0.15, -0.1) is 0 Å². The van der Waals surface area contributed by atoms with Crippen molar-refractivity contribution in [2.75, 3.05) is 0 Å². The molecule has 4 unspecified atom stereocenters. The molecule has 174 valence electrons. The second kappa shape index (κ2) is 19.8. The van der Waals surface area contributed by atoms with Crippen LogP contribution >= 0.6 is 12.9 Å². The molecule has 0 aromatic carbocycles. The lowest BCUT2D eigenvalue weighted by Crippen LogP contribution is -2.30. The summed E-state index contributed by atoms with van der Waals surface area (Å²) in [4.78, 5) is 0. The molecule has 2 heteroatoms. The van der Waals surface area contributed by atoms with Crippen LogP contribution in [0, 0.1) is 23.7 Å². The van der Waals surface area contributed by atoms with Crippen molar-refractivity contribution in [3.8, 4) is 0 Å². The van der Waals surface area contributed by atoms with E-state index in [4.69, 9.17) is 4.18 Å². The third-order valence-corrected chi connectivity index (χ3v) is 7.07. The molecule has 0 N–H and O–H groups in total. The second-order valence-electron chi connectivity index (χ2n) is 9.30. The van der Waals surface area contributed by atoms with Gasteiger partial charge < -0.3 is 4.18 Å². The van der Waals surface area contributed by atoms with Gasteiger partial charge in [0.2, 0.25) is 0 Å². The van der Waals surface area contributed by atoms with Crippen molar-refractivity contribution in [1.29, 1.82) is 0 Å². The number of hydrogen-bond acceptors (Lipinski definition) is 2. The fourth-order valence-electron chi connectivity index (χ4n) is 4.91. The first-order valence-corrected chi connectivity index (χ1v) is 13.5. The highest BCUT2D eigenvalue weighted by molar-refractivity contribution is 7.75. The van der Waals surface area contributed by atoms with Crippen LogP contribution in [0.5, 0.6) is 0 Å². The molecule has 2 aliphatic rings. The fraction of sp³-hybridized carbons (Fsp3) is 0.926. The van der Waals surface area contributed by atoms with Crippen LogP contribution in [0.2, 0.25) is 0 Å². The molecule has 0 saturated heterocycles. The van der Waals surface area contributed by atoms with Crippen molar-refractivity contribution in [3.63, 3.8) is 0 Å². The summed E-state index contributed by atoms with van der Waals surface area (Å²) in [6.07, 6.45) is 22.6. The monoisotopic (exact) mass is 426 g/mol. The van der Waals surface area contributed by atoms with Gasteiger partial charge in [-0.25, -0.2) is 0 Å². The summed E-state index contributed by atoms with van der Waals surface area (Å²) in [5.41, 5.74) is 0. The van der Waals surface area contributed by atoms with Gasteiger partial charge in [0.15, 0.2) is 0 Å². The van der Waals surface area contributed by atoms with Crippen LogP contribution in [0.1, 0.15) is 138 Å². The Morgan fingerprint density at radius 3 is 2.10 bits per heavy atom. The molecule has 0 heterocycles. The zero-order chi connectivity index (χ0) is 21.9. The Morgan fingerprint density at radius 2 is 1.59 bits per heavy atom. The van der Waals surface area contributed by atoms with Crippen LogP contribution < -0.4 is 0 Å². The molecular weight excluding hydrogens is 372 g/mol. The first kappa shape index (κ1) is 28.9. The van der Waals surface area contributed by atoms with E-state index in [0.29, 0.717) is 0 Å². The van der Waals surface area contributed by atoms with E-state index in [2.05, 4.69) is 46.7 Å². The molecule has 29 heavy (non-hydrogen) atoms. The molecule has 0 amide bonds. The SMILES string of the molecule is C1CCC1.CC.CCCC/C=C(\CCCCCC1CC(C)CC(C)C1CC)OS. The Labute approximate surface area is 190 Å². The number of unbranched alkanes of at least 4 members (excludes halogenated alkanes) is 4. The van der Waals surface area contributed by atoms with E-state index in [1.54, 1.807) is 0 Å². The molecular formula is C27H54OS. The maximum Gasteiger partial charge on any atom is 0.110 e. The minimum absolute atomic E-state index is 0.930. The van der Waals surface area contributed by atoms with Crippen molar-refractivity contribution in [3.05, 3.63) is 11.8 Å². The van der Waals surface area contributed by atoms with Crippen molar-refractivity contribution in [2.45, 2.75) is 138 Å². The highest BCUT2D eigenvalue weighted by Gasteiger charge is 2.31. The molecule has 1 nitrogen and oxygen atoms in total. The molecule has 2 saturated carbocycles. The third-order valence-electron chi connectivity index (χ3n) is 6.83. The van der Waals surface area contributed by atoms with E-state index >= 15 is 0 Å². The molecule has 0 bridgehead atoms. The quantitative estimate of drug-likeness (QED) is 0.150. The lowest BCUT2D eigenvalue weighted by Gasteiger charge is -2.39. The van der Waals surface area contributed by atoms with Crippen molar-refractivity contribution >= 4 is 12.9 Å². The Hall–Kier alpha value is -0.110. The van der Waals surface area contributed by atoms with E-state index in [9.17, 15) is 0 Å². The summed E-state index contributed by atoms with van der Waals surface area (Å²) in [6.45, 7) is 13.5. The molecule has 0 aromatic heterocycles. The minimum atomic E-state index is 0.930. The minimum Gasteiger partial charge on any atom is -0.434 e. The molecule has 2 fully saturated rings. The summed E-state index contributed by atoms with van der Waals surface area (Å²) in [5, 5.41) is 0. The van der Waals surface area contributed by atoms with Crippen molar-refractivity contribution < 1.29 is 4.18 Å². The number of allylic oxidation sites excluding steroid dienone is 2. The average Bonchev–Trinajstić information content (AvgIpc) is 2.66. The first-order valence-electron chi connectivity index (χ1n) is 13.1. The summed E-state index contributed by atoms with van der Waals surface area (Å²) >= 11 is 4.00. The van der Waals surface area contributed by atoms with Crippen LogP contribution in [0.25, 0.3) is 0 Å². The van der Waals surface area contributed by atoms with Gasteiger partial charge in [0.05, 0.1) is 0 Å². The van der Waals surface area contributed by atoms with Crippen molar-refractivity contribution in [2.24, 2.45) is 23.7 Å². The Bertz CT molecular complexity index is 371. The summed E-state index contributed by atoms with van der Waals surface area (Å²) in [7, 11) is 0. The normalized spacial score (nSPS) is 26.4.